The predicted molar refractivity (Wildman–Crippen MR) is 101 cm³/mol. The van der Waals surface area contributed by atoms with Crippen molar-refractivity contribution < 1.29 is 4.79 Å². The van der Waals surface area contributed by atoms with Crippen molar-refractivity contribution in [3.05, 3.63) is 81.6 Å². The fraction of sp³-hybridized carbons (Fsp3) is 0.200. The van der Waals surface area contributed by atoms with Gasteiger partial charge in [0, 0.05) is 16.4 Å². The van der Waals surface area contributed by atoms with Crippen molar-refractivity contribution in [3.63, 3.8) is 0 Å². The average molecular weight is 354 g/mol. The van der Waals surface area contributed by atoms with Gasteiger partial charge in [0.2, 0.25) is 0 Å². The van der Waals surface area contributed by atoms with Crippen LogP contribution in [0.15, 0.2) is 48.5 Å². The van der Waals surface area contributed by atoms with Crippen LogP contribution in [0.4, 0.5) is 5.69 Å². The first-order valence-corrected chi connectivity index (χ1v) is 8.48. The van der Waals surface area contributed by atoms with E-state index in [0.717, 1.165) is 17.0 Å². The number of nitrogens with zero attached hydrogens (tertiary/aromatic N) is 2. The molecule has 25 heavy (non-hydrogen) atoms. The zero-order valence-corrected chi connectivity index (χ0v) is 15.3. The Labute approximate surface area is 152 Å². The van der Waals surface area contributed by atoms with Crippen LogP contribution in [0.5, 0.6) is 0 Å². The van der Waals surface area contributed by atoms with Crippen molar-refractivity contribution >= 4 is 23.2 Å². The van der Waals surface area contributed by atoms with Crippen LogP contribution in [0.2, 0.25) is 5.02 Å². The summed E-state index contributed by atoms with van der Waals surface area (Å²) in [6.07, 6.45) is 0. The predicted octanol–water partition coefficient (Wildman–Crippen LogP) is 4.76. The lowest BCUT2D eigenvalue weighted by atomic mass is 10.1. The van der Waals surface area contributed by atoms with Gasteiger partial charge in [0.15, 0.2) is 0 Å². The van der Waals surface area contributed by atoms with Crippen LogP contribution in [0.25, 0.3) is 0 Å². The second kappa shape index (κ2) is 7.11. The van der Waals surface area contributed by atoms with Gasteiger partial charge >= 0.3 is 0 Å². The molecule has 0 saturated heterocycles. The first-order chi connectivity index (χ1) is 11.9. The molecule has 0 aliphatic carbocycles. The molecule has 1 aromatic heterocycles. The van der Waals surface area contributed by atoms with E-state index in [2.05, 4.69) is 41.6 Å². The van der Waals surface area contributed by atoms with Gasteiger partial charge in [-0.3, -0.25) is 9.48 Å². The Balaban J connectivity index is 1.82. The topological polar surface area (TPSA) is 46.9 Å². The van der Waals surface area contributed by atoms with Gasteiger partial charge in [-0.2, -0.15) is 5.10 Å². The van der Waals surface area contributed by atoms with Gasteiger partial charge in [0.05, 0.1) is 17.8 Å². The maximum absolute atomic E-state index is 12.7. The zero-order chi connectivity index (χ0) is 18.0. The van der Waals surface area contributed by atoms with Crippen LogP contribution >= 0.6 is 11.6 Å². The molecule has 0 unspecified atom stereocenters. The monoisotopic (exact) mass is 353 g/mol. The van der Waals surface area contributed by atoms with Gasteiger partial charge < -0.3 is 5.32 Å². The van der Waals surface area contributed by atoms with E-state index < -0.39 is 0 Å². The lowest BCUT2D eigenvalue weighted by Crippen LogP contribution is -2.14. The Kier molecular flexibility index (Phi) is 4.91. The molecule has 3 aromatic rings. The van der Waals surface area contributed by atoms with Gasteiger partial charge in [-0.05, 0) is 50.6 Å². The third-order valence-electron chi connectivity index (χ3n) is 4.16. The van der Waals surface area contributed by atoms with E-state index in [9.17, 15) is 4.79 Å². The minimum atomic E-state index is -0.160. The molecule has 0 saturated carbocycles. The van der Waals surface area contributed by atoms with Crippen molar-refractivity contribution in [2.45, 2.75) is 27.3 Å². The highest BCUT2D eigenvalue weighted by Crippen LogP contribution is 2.19. The number of rotatable bonds is 4. The molecule has 1 N–H and O–H groups in total. The number of carbonyl (C=O) groups excluding carboxylic acids is 1. The molecule has 0 radical (unpaired) electrons. The number of carbonyl (C=O) groups is 1. The number of halogens is 1. The molecule has 0 aliphatic rings. The number of hydrogen-bond donors (Lipinski definition) is 1. The summed E-state index contributed by atoms with van der Waals surface area (Å²) in [5, 5.41) is 8.08. The smallest absolute Gasteiger partial charge is 0.259 e. The molecule has 0 aliphatic heterocycles. The van der Waals surface area contributed by atoms with Crippen LogP contribution < -0.4 is 5.32 Å². The molecule has 4 nitrogen and oxygen atoms in total. The van der Waals surface area contributed by atoms with Gasteiger partial charge in [-0.15, -0.1) is 0 Å². The quantitative estimate of drug-likeness (QED) is 0.734. The summed E-state index contributed by atoms with van der Waals surface area (Å²) in [5.74, 6) is -0.160. The number of aryl methyl sites for hydroxylation is 2. The Hall–Kier alpha value is -2.59. The molecule has 0 bridgehead atoms. The number of hydrogen-bond acceptors (Lipinski definition) is 2. The molecule has 3 rings (SSSR count). The van der Waals surface area contributed by atoms with Crippen LogP contribution in [0, 0.1) is 20.8 Å². The number of anilines is 1. The van der Waals surface area contributed by atoms with Gasteiger partial charge in [0.25, 0.3) is 5.91 Å². The van der Waals surface area contributed by atoms with Crippen LogP contribution in [-0.2, 0) is 6.54 Å². The standard InChI is InChI=1S/C20H20ClN3O/c1-13-4-6-16(7-5-13)12-24-15(3)19(14(2)23-24)20(25)22-18-10-8-17(21)9-11-18/h4-11H,12H2,1-3H3,(H,22,25). The molecule has 128 valence electrons. The second-order valence-corrected chi connectivity index (χ2v) is 6.59. The fourth-order valence-corrected chi connectivity index (χ4v) is 2.90. The Morgan fingerprint density at radius 2 is 1.68 bits per heavy atom. The van der Waals surface area contributed by atoms with E-state index in [1.54, 1.807) is 24.3 Å². The highest BCUT2D eigenvalue weighted by atomic mass is 35.5. The van der Waals surface area contributed by atoms with Crippen molar-refractivity contribution in [3.8, 4) is 0 Å². The highest BCUT2D eigenvalue weighted by Gasteiger charge is 2.19. The maximum Gasteiger partial charge on any atom is 0.259 e. The minimum absolute atomic E-state index is 0.160. The summed E-state index contributed by atoms with van der Waals surface area (Å²) in [4.78, 5) is 12.7. The highest BCUT2D eigenvalue weighted by molar-refractivity contribution is 6.30. The summed E-state index contributed by atoms with van der Waals surface area (Å²) in [6.45, 7) is 6.48. The Bertz CT molecular complexity index is 896. The zero-order valence-electron chi connectivity index (χ0n) is 14.5. The number of aromatic nitrogens is 2. The maximum atomic E-state index is 12.7. The lowest BCUT2D eigenvalue weighted by Gasteiger charge is -2.07. The number of amides is 1. The van der Waals surface area contributed by atoms with Crippen molar-refractivity contribution in [1.29, 1.82) is 0 Å². The second-order valence-electron chi connectivity index (χ2n) is 6.15. The molecular formula is C20H20ClN3O. The number of benzene rings is 2. The SMILES string of the molecule is Cc1ccc(Cn2nc(C)c(C(=O)Nc3ccc(Cl)cc3)c2C)cc1. The van der Waals surface area contributed by atoms with Crippen molar-refractivity contribution in [2.75, 3.05) is 5.32 Å². The van der Waals surface area contributed by atoms with Crippen molar-refractivity contribution in [2.24, 2.45) is 0 Å². The fourth-order valence-electron chi connectivity index (χ4n) is 2.77. The van der Waals surface area contributed by atoms with Gasteiger partial charge in [-0.25, -0.2) is 0 Å². The van der Waals surface area contributed by atoms with E-state index in [1.807, 2.05) is 18.5 Å². The van der Waals surface area contributed by atoms with Crippen molar-refractivity contribution in [1.82, 2.24) is 9.78 Å². The van der Waals surface area contributed by atoms with E-state index in [4.69, 9.17) is 11.6 Å². The first kappa shape index (κ1) is 17.2. The normalized spacial score (nSPS) is 10.7. The van der Waals surface area contributed by atoms with Gasteiger partial charge in [-0.1, -0.05) is 41.4 Å². The lowest BCUT2D eigenvalue weighted by molar-refractivity contribution is 0.102. The van der Waals surface area contributed by atoms with Gasteiger partial charge in [0.1, 0.15) is 0 Å². The van der Waals surface area contributed by atoms with Crippen LogP contribution in [0.3, 0.4) is 0 Å². The number of nitrogens with one attached hydrogen (secondary N) is 1. The molecular weight excluding hydrogens is 334 g/mol. The summed E-state index contributed by atoms with van der Waals surface area (Å²) in [5.41, 5.74) is 5.27. The van der Waals surface area contributed by atoms with Crippen LogP contribution in [-0.4, -0.2) is 15.7 Å². The molecule has 0 fully saturated rings. The van der Waals surface area contributed by atoms with E-state index in [-0.39, 0.29) is 5.91 Å². The summed E-state index contributed by atoms with van der Waals surface area (Å²) in [7, 11) is 0. The molecule has 1 amide bonds. The molecule has 1 heterocycles. The average Bonchev–Trinajstić information content (AvgIpc) is 2.85. The Morgan fingerprint density at radius 3 is 2.32 bits per heavy atom. The molecule has 5 heteroatoms. The first-order valence-electron chi connectivity index (χ1n) is 8.10. The third-order valence-corrected chi connectivity index (χ3v) is 4.42. The molecule has 0 spiro atoms. The minimum Gasteiger partial charge on any atom is -0.322 e. The summed E-state index contributed by atoms with van der Waals surface area (Å²) >= 11 is 5.88. The Morgan fingerprint density at radius 1 is 1.04 bits per heavy atom. The summed E-state index contributed by atoms with van der Waals surface area (Å²) < 4.78 is 1.87. The molecule has 0 atom stereocenters. The third kappa shape index (κ3) is 3.91. The van der Waals surface area contributed by atoms with E-state index in [1.165, 1.54) is 5.56 Å². The van der Waals surface area contributed by atoms with Crippen LogP contribution in [0.1, 0.15) is 32.9 Å². The van der Waals surface area contributed by atoms with E-state index >= 15 is 0 Å². The van der Waals surface area contributed by atoms with E-state index in [0.29, 0.717) is 22.8 Å². The molecule has 2 aromatic carbocycles. The summed E-state index contributed by atoms with van der Waals surface area (Å²) in [6, 6.07) is 15.4. The largest absolute Gasteiger partial charge is 0.322 e.